The fourth-order valence-corrected chi connectivity index (χ4v) is 4.26. The Kier molecular flexibility index (Phi) is 6.16. The minimum atomic E-state index is -0.204. The highest BCUT2D eigenvalue weighted by molar-refractivity contribution is 5.81. The first kappa shape index (κ1) is 20.6. The standard InChI is InChI=1S/C25H29FN2O2/c1-3-4-5-6-9-24(29)28-14-7-8-22(28)25-27-21-16-19(11-13-23(21)30-25)18-10-12-20(26)17(2)15-18/h10-13,15-16,22H,3-9,14H2,1-2H3. The summed E-state index contributed by atoms with van der Waals surface area (Å²) in [5.41, 5.74) is 4.03. The van der Waals surface area contributed by atoms with Crippen molar-refractivity contribution in [3.05, 3.63) is 53.7 Å². The van der Waals surface area contributed by atoms with Gasteiger partial charge in [0.05, 0.1) is 0 Å². The summed E-state index contributed by atoms with van der Waals surface area (Å²) < 4.78 is 19.6. The minimum absolute atomic E-state index is 0.0763. The van der Waals surface area contributed by atoms with Gasteiger partial charge in [-0.1, -0.05) is 38.3 Å². The highest BCUT2D eigenvalue weighted by Crippen LogP contribution is 2.35. The maximum Gasteiger partial charge on any atom is 0.223 e. The molecule has 1 aromatic heterocycles. The second kappa shape index (κ2) is 8.99. The van der Waals surface area contributed by atoms with E-state index >= 15 is 0 Å². The maximum atomic E-state index is 13.6. The number of carbonyl (C=O) groups is 1. The molecule has 1 aliphatic rings. The van der Waals surface area contributed by atoms with Gasteiger partial charge in [0.1, 0.15) is 17.4 Å². The number of hydrogen-bond acceptors (Lipinski definition) is 3. The molecule has 0 saturated carbocycles. The summed E-state index contributed by atoms with van der Waals surface area (Å²) >= 11 is 0. The number of carbonyl (C=O) groups excluding carboxylic acids is 1. The van der Waals surface area contributed by atoms with Crippen LogP contribution in [0.25, 0.3) is 22.2 Å². The van der Waals surface area contributed by atoms with Gasteiger partial charge in [-0.2, -0.15) is 0 Å². The number of fused-ring (bicyclic) bond motifs is 1. The van der Waals surface area contributed by atoms with E-state index in [4.69, 9.17) is 9.40 Å². The molecular formula is C25H29FN2O2. The number of halogens is 1. The first-order chi connectivity index (χ1) is 14.6. The van der Waals surface area contributed by atoms with Crippen LogP contribution in [0, 0.1) is 12.7 Å². The fraction of sp³-hybridized carbons (Fsp3) is 0.440. The van der Waals surface area contributed by atoms with Crippen molar-refractivity contribution in [2.75, 3.05) is 6.54 Å². The zero-order valence-corrected chi connectivity index (χ0v) is 17.8. The van der Waals surface area contributed by atoms with Gasteiger partial charge in [0, 0.05) is 13.0 Å². The predicted molar refractivity (Wildman–Crippen MR) is 117 cm³/mol. The van der Waals surface area contributed by atoms with Gasteiger partial charge < -0.3 is 9.32 Å². The van der Waals surface area contributed by atoms with Crippen molar-refractivity contribution >= 4 is 17.0 Å². The van der Waals surface area contributed by atoms with Gasteiger partial charge in [-0.25, -0.2) is 9.37 Å². The van der Waals surface area contributed by atoms with Crippen molar-refractivity contribution in [1.29, 1.82) is 0 Å². The van der Waals surface area contributed by atoms with E-state index < -0.39 is 0 Å². The molecule has 1 fully saturated rings. The topological polar surface area (TPSA) is 46.3 Å². The summed E-state index contributed by atoms with van der Waals surface area (Å²) in [4.78, 5) is 19.4. The molecule has 1 unspecified atom stereocenters. The first-order valence-electron chi connectivity index (χ1n) is 11.0. The molecule has 4 rings (SSSR count). The first-order valence-corrected chi connectivity index (χ1v) is 11.0. The lowest BCUT2D eigenvalue weighted by Crippen LogP contribution is -2.30. The number of aromatic nitrogens is 1. The normalized spacial score (nSPS) is 16.5. The highest BCUT2D eigenvalue weighted by Gasteiger charge is 2.33. The zero-order chi connectivity index (χ0) is 21.1. The third kappa shape index (κ3) is 4.25. The largest absolute Gasteiger partial charge is 0.438 e. The summed E-state index contributed by atoms with van der Waals surface area (Å²) in [5, 5.41) is 0. The lowest BCUT2D eigenvalue weighted by molar-refractivity contribution is -0.132. The molecule has 2 heterocycles. The van der Waals surface area contributed by atoms with Gasteiger partial charge in [-0.3, -0.25) is 4.79 Å². The summed E-state index contributed by atoms with van der Waals surface area (Å²) in [5.74, 6) is 0.624. The number of benzene rings is 2. The van der Waals surface area contributed by atoms with Crippen molar-refractivity contribution in [3.63, 3.8) is 0 Å². The van der Waals surface area contributed by atoms with Crippen molar-refractivity contribution in [2.45, 2.75) is 64.8 Å². The van der Waals surface area contributed by atoms with Crippen LogP contribution in [0.5, 0.6) is 0 Å². The van der Waals surface area contributed by atoms with Gasteiger partial charge in [-0.15, -0.1) is 0 Å². The third-order valence-corrected chi connectivity index (χ3v) is 6.00. The summed E-state index contributed by atoms with van der Waals surface area (Å²) in [6, 6.07) is 10.9. The number of amides is 1. The Morgan fingerprint density at radius 3 is 2.77 bits per heavy atom. The van der Waals surface area contributed by atoms with Gasteiger partial charge in [0.2, 0.25) is 11.8 Å². The maximum absolute atomic E-state index is 13.6. The van der Waals surface area contributed by atoms with Gasteiger partial charge in [0.15, 0.2) is 5.58 Å². The number of hydrogen-bond donors (Lipinski definition) is 0. The Bertz CT molecular complexity index is 1040. The average Bonchev–Trinajstić information content (AvgIpc) is 3.39. The summed E-state index contributed by atoms with van der Waals surface area (Å²) in [7, 11) is 0. The molecule has 30 heavy (non-hydrogen) atoms. The minimum Gasteiger partial charge on any atom is -0.438 e. The van der Waals surface area contributed by atoms with E-state index in [0.717, 1.165) is 54.5 Å². The number of oxazole rings is 1. The Balaban J connectivity index is 1.54. The Hall–Kier alpha value is -2.69. The molecule has 0 N–H and O–H groups in total. The molecule has 2 aromatic carbocycles. The van der Waals surface area contributed by atoms with E-state index in [2.05, 4.69) is 6.92 Å². The monoisotopic (exact) mass is 408 g/mol. The van der Waals surface area contributed by atoms with E-state index in [-0.39, 0.29) is 17.8 Å². The number of unbranched alkanes of at least 4 members (excludes halogenated alkanes) is 3. The molecule has 0 radical (unpaired) electrons. The lowest BCUT2D eigenvalue weighted by Gasteiger charge is -2.22. The Labute approximate surface area is 177 Å². The molecule has 4 nitrogen and oxygen atoms in total. The van der Waals surface area contributed by atoms with Gasteiger partial charge in [-0.05, 0) is 67.1 Å². The molecule has 1 saturated heterocycles. The number of rotatable bonds is 7. The van der Waals surface area contributed by atoms with Crippen LogP contribution in [0.3, 0.4) is 0 Å². The molecule has 1 atom stereocenters. The third-order valence-electron chi connectivity index (χ3n) is 6.00. The molecule has 0 spiro atoms. The quantitative estimate of drug-likeness (QED) is 0.415. The molecule has 1 aliphatic heterocycles. The highest BCUT2D eigenvalue weighted by atomic mass is 19.1. The van der Waals surface area contributed by atoms with E-state index in [1.165, 1.54) is 18.9 Å². The molecular weight excluding hydrogens is 379 g/mol. The summed E-state index contributed by atoms with van der Waals surface area (Å²) in [6.45, 7) is 4.71. The predicted octanol–water partition coefficient (Wildman–Crippen LogP) is 6.58. The van der Waals surface area contributed by atoms with Gasteiger partial charge in [0.25, 0.3) is 0 Å². The lowest BCUT2D eigenvalue weighted by atomic mass is 10.0. The number of aryl methyl sites for hydroxylation is 1. The molecule has 0 bridgehead atoms. The second-order valence-corrected chi connectivity index (χ2v) is 8.25. The van der Waals surface area contributed by atoms with Crippen LogP contribution in [-0.2, 0) is 4.79 Å². The Morgan fingerprint density at radius 2 is 1.97 bits per heavy atom. The second-order valence-electron chi connectivity index (χ2n) is 8.25. The molecule has 5 heteroatoms. The van der Waals surface area contributed by atoms with E-state index in [1.54, 1.807) is 13.0 Å². The number of likely N-dealkylation sites (tertiary alicyclic amines) is 1. The van der Waals surface area contributed by atoms with Crippen molar-refractivity contribution < 1.29 is 13.6 Å². The SMILES string of the molecule is CCCCCCC(=O)N1CCCC1c1nc2cc(-c3ccc(F)c(C)c3)ccc2o1. The van der Waals surface area contributed by atoms with E-state index in [9.17, 15) is 9.18 Å². The van der Waals surface area contributed by atoms with E-state index in [0.29, 0.717) is 17.9 Å². The van der Waals surface area contributed by atoms with Crippen molar-refractivity contribution in [1.82, 2.24) is 9.88 Å². The van der Waals surface area contributed by atoms with Crippen LogP contribution in [0.4, 0.5) is 4.39 Å². The van der Waals surface area contributed by atoms with Crippen LogP contribution < -0.4 is 0 Å². The molecule has 158 valence electrons. The Morgan fingerprint density at radius 1 is 1.17 bits per heavy atom. The zero-order valence-electron chi connectivity index (χ0n) is 17.8. The van der Waals surface area contributed by atoms with Crippen LogP contribution >= 0.6 is 0 Å². The van der Waals surface area contributed by atoms with Crippen LogP contribution in [0.15, 0.2) is 40.8 Å². The van der Waals surface area contributed by atoms with E-state index in [1.807, 2.05) is 29.2 Å². The average molecular weight is 409 g/mol. The molecule has 3 aromatic rings. The van der Waals surface area contributed by atoms with Gasteiger partial charge >= 0.3 is 0 Å². The van der Waals surface area contributed by atoms with Crippen molar-refractivity contribution in [2.24, 2.45) is 0 Å². The van der Waals surface area contributed by atoms with Crippen LogP contribution in [0.1, 0.15) is 69.4 Å². The molecule has 1 amide bonds. The smallest absolute Gasteiger partial charge is 0.223 e. The van der Waals surface area contributed by atoms with Crippen LogP contribution in [-0.4, -0.2) is 22.3 Å². The van der Waals surface area contributed by atoms with Crippen molar-refractivity contribution in [3.8, 4) is 11.1 Å². The summed E-state index contributed by atoms with van der Waals surface area (Å²) in [6.07, 6.45) is 6.87. The number of nitrogens with zero attached hydrogens (tertiary/aromatic N) is 2. The molecule has 0 aliphatic carbocycles. The fourth-order valence-electron chi connectivity index (χ4n) is 4.26. The van der Waals surface area contributed by atoms with Crippen LogP contribution in [0.2, 0.25) is 0 Å².